The number of hydrogen-bond donors (Lipinski definition) is 0. The third-order valence-electron chi connectivity index (χ3n) is 8.58. The zero-order chi connectivity index (χ0) is 25.0. The SMILES string of the molecule is CO[C@H]1CC2(CCC2)Cc2nc(C(C)C)c(C(=O)c3ccc(C(F)(F)F)cc3)c(C3CCCC3)c21. The van der Waals surface area contributed by atoms with Gasteiger partial charge in [-0.05, 0) is 73.5 Å². The molecule has 1 heterocycles. The lowest BCUT2D eigenvalue weighted by molar-refractivity contribution is -0.137. The summed E-state index contributed by atoms with van der Waals surface area (Å²) < 4.78 is 45.5. The van der Waals surface area contributed by atoms with Crippen molar-refractivity contribution in [1.29, 1.82) is 0 Å². The molecule has 3 aliphatic rings. The molecule has 0 unspecified atom stereocenters. The van der Waals surface area contributed by atoms with Gasteiger partial charge in [0.15, 0.2) is 5.78 Å². The van der Waals surface area contributed by atoms with Gasteiger partial charge >= 0.3 is 6.18 Å². The first-order valence-corrected chi connectivity index (χ1v) is 12.9. The van der Waals surface area contributed by atoms with Crippen LogP contribution < -0.4 is 0 Å². The van der Waals surface area contributed by atoms with Crippen LogP contribution in [0.1, 0.15) is 127 Å². The highest BCUT2D eigenvalue weighted by Gasteiger charge is 2.47. The van der Waals surface area contributed by atoms with Crippen LogP contribution in [0.2, 0.25) is 0 Å². The van der Waals surface area contributed by atoms with Crippen LogP contribution in [0.15, 0.2) is 24.3 Å². The van der Waals surface area contributed by atoms with Gasteiger partial charge in [0.05, 0.1) is 17.4 Å². The number of fused-ring (bicyclic) bond motifs is 1. The average Bonchev–Trinajstić information content (AvgIpc) is 3.34. The van der Waals surface area contributed by atoms with Gasteiger partial charge in [-0.3, -0.25) is 9.78 Å². The Labute approximate surface area is 205 Å². The summed E-state index contributed by atoms with van der Waals surface area (Å²) in [5.74, 6) is 0.0539. The van der Waals surface area contributed by atoms with Crippen LogP contribution in [0.4, 0.5) is 13.2 Å². The molecule has 0 aliphatic heterocycles. The lowest BCUT2D eigenvalue weighted by Crippen LogP contribution is -2.39. The Kier molecular flexibility index (Phi) is 6.31. The standard InChI is InChI=1S/C29H34F3NO2/c1-17(2)26-25(27(34)19-9-11-20(12-10-19)29(30,31)32)23(18-7-4-5-8-18)24-21(33-26)15-28(13-6-14-28)16-22(24)35-3/h9-12,17-18,22H,4-8,13-16H2,1-3H3/t22-/m0/s1. The topological polar surface area (TPSA) is 39.2 Å². The quantitative estimate of drug-likeness (QED) is 0.404. The highest BCUT2D eigenvalue weighted by molar-refractivity contribution is 6.11. The molecule has 3 aliphatic carbocycles. The number of methoxy groups -OCH3 is 1. The summed E-state index contributed by atoms with van der Waals surface area (Å²) in [6, 6.07) is 4.62. The number of alkyl halides is 3. The van der Waals surface area contributed by atoms with E-state index in [1.165, 1.54) is 31.4 Å². The monoisotopic (exact) mass is 485 g/mol. The largest absolute Gasteiger partial charge is 0.416 e. The van der Waals surface area contributed by atoms with Crippen molar-refractivity contribution >= 4 is 5.78 Å². The fourth-order valence-corrected chi connectivity index (χ4v) is 6.62. The van der Waals surface area contributed by atoms with Crippen LogP contribution in [0, 0.1) is 5.41 Å². The number of ketones is 1. The molecule has 1 spiro atoms. The molecule has 0 saturated heterocycles. The van der Waals surface area contributed by atoms with Crippen molar-refractivity contribution in [2.75, 3.05) is 7.11 Å². The van der Waals surface area contributed by atoms with Gasteiger partial charge in [-0.15, -0.1) is 0 Å². The van der Waals surface area contributed by atoms with Gasteiger partial charge in [-0.1, -0.05) is 45.2 Å². The number of halogens is 3. The Bertz CT molecular complexity index is 1110. The molecule has 35 heavy (non-hydrogen) atoms. The number of rotatable bonds is 5. The van der Waals surface area contributed by atoms with E-state index >= 15 is 0 Å². The molecule has 0 amide bonds. The van der Waals surface area contributed by atoms with E-state index in [0.717, 1.165) is 73.2 Å². The number of pyridine rings is 1. The molecule has 3 nitrogen and oxygen atoms in total. The summed E-state index contributed by atoms with van der Waals surface area (Å²) in [4.78, 5) is 19.2. The Balaban J connectivity index is 1.70. The number of carbonyl (C=O) groups excluding carboxylic acids is 1. The maximum atomic E-state index is 14.0. The fourth-order valence-electron chi connectivity index (χ4n) is 6.62. The average molecular weight is 486 g/mol. The van der Waals surface area contributed by atoms with Crippen LogP contribution in [0.3, 0.4) is 0 Å². The van der Waals surface area contributed by atoms with Crippen LogP contribution in [-0.2, 0) is 17.3 Å². The van der Waals surface area contributed by atoms with E-state index in [1.807, 2.05) is 13.8 Å². The molecule has 0 N–H and O–H groups in total. The van der Waals surface area contributed by atoms with Crippen molar-refractivity contribution in [3.05, 3.63) is 63.5 Å². The molecule has 2 saturated carbocycles. The lowest BCUT2D eigenvalue weighted by Gasteiger charge is -2.48. The zero-order valence-electron chi connectivity index (χ0n) is 20.8. The molecule has 2 aromatic rings. The molecular weight excluding hydrogens is 451 g/mol. The molecular formula is C29H34F3NO2. The minimum Gasteiger partial charge on any atom is -0.377 e. The molecule has 188 valence electrons. The van der Waals surface area contributed by atoms with Crippen LogP contribution in [-0.4, -0.2) is 17.9 Å². The van der Waals surface area contributed by atoms with Crippen molar-refractivity contribution in [1.82, 2.24) is 4.98 Å². The number of aromatic nitrogens is 1. The summed E-state index contributed by atoms with van der Waals surface area (Å²) in [7, 11) is 1.75. The first-order chi connectivity index (χ1) is 16.6. The van der Waals surface area contributed by atoms with E-state index < -0.39 is 11.7 Å². The first kappa shape index (κ1) is 24.5. The predicted molar refractivity (Wildman–Crippen MR) is 129 cm³/mol. The normalized spacial score (nSPS) is 21.9. The maximum absolute atomic E-state index is 14.0. The van der Waals surface area contributed by atoms with Gasteiger partial charge in [0.2, 0.25) is 0 Å². The van der Waals surface area contributed by atoms with E-state index in [9.17, 15) is 18.0 Å². The van der Waals surface area contributed by atoms with E-state index in [2.05, 4.69) is 0 Å². The van der Waals surface area contributed by atoms with E-state index in [0.29, 0.717) is 5.56 Å². The first-order valence-electron chi connectivity index (χ1n) is 12.9. The molecule has 1 atom stereocenters. The number of hydrogen-bond acceptors (Lipinski definition) is 3. The van der Waals surface area contributed by atoms with Crippen LogP contribution in [0.25, 0.3) is 0 Å². The molecule has 6 heteroatoms. The summed E-state index contributed by atoms with van der Waals surface area (Å²) in [6.45, 7) is 4.10. The molecule has 1 aromatic carbocycles. The highest BCUT2D eigenvalue weighted by atomic mass is 19.4. The summed E-state index contributed by atoms with van der Waals surface area (Å²) in [5, 5.41) is 0. The second-order valence-electron chi connectivity index (χ2n) is 11.1. The maximum Gasteiger partial charge on any atom is 0.416 e. The van der Waals surface area contributed by atoms with Gasteiger partial charge in [0.1, 0.15) is 0 Å². The summed E-state index contributed by atoms with van der Waals surface area (Å²) in [5.41, 5.74) is 4.42. The van der Waals surface area contributed by atoms with Crippen molar-refractivity contribution in [2.45, 2.75) is 95.8 Å². The Hall–Kier alpha value is -2.21. The molecule has 1 aromatic heterocycles. The van der Waals surface area contributed by atoms with Gasteiger partial charge in [-0.2, -0.15) is 13.2 Å². The second kappa shape index (κ2) is 9.02. The van der Waals surface area contributed by atoms with Gasteiger partial charge in [0, 0.05) is 29.5 Å². The smallest absolute Gasteiger partial charge is 0.377 e. The fraction of sp³-hybridized carbons (Fsp3) is 0.586. The van der Waals surface area contributed by atoms with Crippen LogP contribution >= 0.6 is 0 Å². The molecule has 5 rings (SSSR count). The Morgan fingerprint density at radius 1 is 1.06 bits per heavy atom. The third kappa shape index (κ3) is 4.32. The van der Waals surface area contributed by atoms with Crippen molar-refractivity contribution in [3.63, 3.8) is 0 Å². The van der Waals surface area contributed by atoms with E-state index in [1.54, 1.807) is 7.11 Å². The second-order valence-corrected chi connectivity index (χ2v) is 11.1. The summed E-state index contributed by atoms with van der Waals surface area (Å²) >= 11 is 0. The van der Waals surface area contributed by atoms with E-state index in [-0.39, 0.29) is 34.7 Å². The minimum atomic E-state index is -4.43. The third-order valence-corrected chi connectivity index (χ3v) is 8.58. The van der Waals surface area contributed by atoms with Crippen molar-refractivity contribution < 1.29 is 22.7 Å². The molecule has 0 bridgehead atoms. The predicted octanol–water partition coefficient (Wildman–Crippen LogP) is 7.92. The number of carbonyl (C=O) groups is 1. The van der Waals surface area contributed by atoms with Crippen molar-refractivity contribution in [3.8, 4) is 0 Å². The zero-order valence-corrected chi connectivity index (χ0v) is 20.8. The number of benzene rings is 1. The van der Waals surface area contributed by atoms with Crippen molar-refractivity contribution in [2.24, 2.45) is 5.41 Å². The Morgan fingerprint density at radius 3 is 2.23 bits per heavy atom. The highest BCUT2D eigenvalue weighted by Crippen LogP contribution is 2.56. The lowest BCUT2D eigenvalue weighted by atomic mass is 9.59. The minimum absolute atomic E-state index is 0.0223. The van der Waals surface area contributed by atoms with E-state index in [4.69, 9.17) is 9.72 Å². The Morgan fingerprint density at radius 2 is 1.71 bits per heavy atom. The van der Waals surface area contributed by atoms with Gasteiger partial charge in [0.25, 0.3) is 0 Å². The van der Waals surface area contributed by atoms with Gasteiger partial charge < -0.3 is 4.74 Å². The summed E-state index contributed by atoms with van der Waals surface area (Å²) in [6.07, 6.45) is 5.24. The molecule has 2 fully saturated rings. The molecule has 0 radical (unpaired) electrons. The van der Waals surface area contributed by atoms with Crippen LogP contribution in [0.5, 0.6) is 0 Å². The van der Waals surface area contributed by atoms with Gasteiger partial charge in [-0.25, -0.2) is 0 Å². The number of nitrogens with zero attached hydrogens (tertiary/aromatic N) is 1. The number of ether oxygens (including phenoxy) is 1.